The lowest BCUT2D eigenvalue weighted by Crippen LogP contribution is -2.49. The predicted molar refractivity (Wildman–Crippen MR) is 43.5 cm³/mol. The zero-order valence-electron chi connectivity index (χ0n) is 7.16. The first kappa shape index (κ1) is 7.56. The minimum absolute atomic E-state index is 0.484. The van der Waals surface area contributed by atoms with E-state index < -0.39 is 0 Å². The van der Waals surface area contributed by atoms with E-state index in [9.17, 15) is 5.21 Å². The number of rotatable bonds is 0. The van der Waals surface area contributed by atoms with Gasteiger partial charge in [-0.25, -0.2) is 0 Å². The molecular formula is C9H17NO. The van der Waals surface area contributed by atoms with E-state index in [-0.39, 0.29) is 0 Å². The maximum atomic E-state index is 9.64. The van der Waals surface area contributed by atoms with Crippen LogP contribution in [0.15, 0.2) is 0 Å². The van der Waals surface area contributed by atoms with Gasteiger partial charge in [0.1, 0.15) is 0 Å². The lowest BCUT2D eigenvalue weighted by Gasteiger charge is -2.44. The standard InChI is InChI=1S/C9H17NO/c1-7-5-8-3-2-4-9(6-7)10(8)11/h7-9,11H,2-6H2,1H3/t7?,8-,9?/m0/s1. The van der Waals surface area contributed by atoms with Crippen LogP contribution in [0.1, 0.15) is 39.0 Å². The molecule has 2 heteroatoms. The molecule has 2 heterocycles. The van der Waals surface area contributed by atoms with Gasteiger partial charge in [-0.3, -0.25) is 0 Å². The third-order valence-electron chi connectivity index (χ3n) is 3.17. The smallest absolute Gasteiger partial charge is 0.0356 e. The van der Waals surface area contributed by atoms with Crippen LogP contribution in [0.3, 0.4) is 0 Å². The Morgan fingerprint density at radius 3 is 2.27 bits per heavy atom. The molecule has 0 radical (unpaired) electrons. The summed E-state index contributed by atoms with van der Waals surface area (Å²) < 4.78 is 0. The Kier molecular flexibility index (Phi) is 1.90. The topological polar surface area (TPSA) is 23.5 Å². The molecule has 2 unspecified atom stereocenters. The van der Waals surface area contributed by atoms with E-state index >= 15 is 0 Å². The Hall–Kier alpha value is -0.0800. The zero-order chi connectivity index (χ0) is 7.84. The molecule has 3 atom stereocenters. The van der Waals surface area contributed by atoms with Crippen molar-refractivity contribution in [2.24, 2.45) is 5.92 Å². The van der Waals surface area contributed by atoms with Crippen LogP contribution < -0.4 is 0 Å². The van der Waals surface area contributed by atoms with Gasteiger partial charge in [-0.15, -0.1) is 0 Å². The molecule has 0 amide bonds. The van der Waals surface area contributed by atoms with E-state index in [2.05, 4.69) is 6.92 Å². The molecule has 2 rings (SSSR count). The summed E-state index contributed by atoms with van der Waals surface area (Å²) in [5.74, 6) is 0.827. The Bertz CT molecular complexity index is 134. The van der Waals surface area contributed by atoms with Crippen LogP contribution in [0, 0.1) is 5.92 Å². The molecule has 2 aliphatic heterocycles. The second kappa shape index (κ2) is 2.76. The number of hydrogen-bond acceptors (Lipinski definition) is 2. The van der Waals surface area contributed by atoms with Gasteiger partial charge in [-0.05, 0) is 31.6 Å². The van der Waals surface area contributed by atoms with E-state index in [0.717, 1.165) is 5.92 Å². The van der Waals surface area contributed by atoms with Crippen molar-refractivity contribution in [3.8, 4) is 0 Å². The van der Waals surface area contributed by atoms with Gasteiger partial charge in [0.25, 0.3) is 0 Å². The summed E-state index contributed by atoms with van der Waals surface area (Å²) in [7, 11) is 0. The van der Waals surface area contributed by atoms with Gasteiger partial charge < -0.3 is 5.21 Å². The highest BCUT2D eigenvalue weighted by Gasteiger charge is 2.35. The molecule has 0 aromatic heterocycles. The third-order valence-corrected chi connectivity index (χ3v) is 3.17. The van der Waals surface area contributed by atoms with Gasteiger partial charge in [0.15, 0.2) is 0 Å². The van der Waals surface area contributed by atoms with Crippen molar-refractivity contribution in [2.45, 2.75) is 51.1 Å². The summed E-state index contributed by atoms with van der Waals surface area (Å²) in [5, 5.41) is 11.3. The summed E-state index contributed by atoms with van der Waals surface area (Å²) in [6, 6.07) is 0.968. The zero-order valence-corrected chi connectivity index (χ0v) is 7.16. The number of hydroxylamine groups is 2. The van der Waals surface area contributed by atoms with E-state index in [4.69, 9.17) is 0 Å². The van der Waals surface area contributed by atoms with Crippen molar-refractivity contribution >= 4 is 0 Å². The summed E-state index contributed by atoms with van der Waals surface area (Å²) in [5.41, 5.74) is 0. The second-order valence-electron chi connectivity index (χ2n) is 4.20. The highest BCUT2D eigenvalue weighted by Crippen LogP contribution is 2.34. The Labute approximate surface area is 68.2 Å². The third kappa shape index (κ3) is 1.30. The summed E-state index contributed by atoms with van der Waals surface area (Å²) in [6.07, 6.45) is 6.13. The van der Waals surface area contributed by atoms with Crippen molar-refractivity contribution in [2.75, 3.05) is 0 Å². The molecule has 0 aromatic rings. The van der Waals surface area contributed by atoms with Crippen LogP contribution in [0.25, 0.3) is 0 Å². The normalized spacial score (nSPS) is 45.8. The molecule has 1 N–H and O–H groups in total. The predicted octanol–water partition coefficient (Wildman–Crippen LogP) is 2.03. The van der Waals surface area contributed by atoms with Crippen LogP contribution >= 0.6 is 0 Å². The van der Waals surface area contributed by atoms with Gasteiger partial charge in [-0.2, -0.15) is 5.06 Å². The maximum Gasteiger partial charge on any atom is 0.0356 e. The lowest BCUT2D eigenvalue weighted by molar-refractivity contribution is -0.201. The highest BCUT2D eigenvalue weighted by atomic mass is 16.5. The van der Waals surface area contributed by atoms with Crippen molar-refractivity contribution in [1.29, 1.82) is 0 Å². The molecule has 2 bridgehead atoms. The molecule has 0 aromatic carbocycles. The fraction of sp³-hybridized carbons (Fsp3) is 1.00. The van der Waals surface area contributed by atoms with Crippen LogP contribution in [-0.4, -0.2) is 22.4 Å². The van der Waals surface area contributed by atoms with Gasteiger partial charge in [0, 0.05) is 12.1 Å². The Morgan fingerprint density at radius 1 is 1.18 bits per heavy atom. The van der Waals surface area contributed by atoms with Gasteiger partial charge in [0.2, 0.25) is 0 Å². The largest absolute Gasteiger partial charge is 0.313 e. The molecule has 0 aliphatic carbocycles. The van der Waals surface area contributed by atoms with Crippen molar-refractivity contribution in [3.63, 3.8) is 0 Å². The van der Waals surface area contributed by atoms with Crippen LogP contribution in [0.5, 0.6) is 0 Å². The molecule has 64 valence electrons. The lowest BCUT2D eigenvalue weighted by atomic mass is 9.81. The minimum Gasteiger partial charge on any atom is -0.313 e. The molecule has 11 heavy (non-hydrogen) atoms. The van der Waals surface area contributed by atoms with Crippen LogP contribution in [0.4, 0.5) is 0 Å². The molecule has 2 fully saturated rings. The highest BCUT2D eigenvalue weighted by molar-refractivity contribution is 4.86. The minimum atomic E-state index is 0.484. The SMILES string of the molecule is CC1CC2CCC[C@@H](C1)N2O. The monoisotopic (exact) mass is 155 g/mol. The Balaban J connectivity index is 2.07. The van der Waals surface area contributed by atoms with E-state index in [1.807, 2.05) is 0 Å². The van der Waals surface area contributed by atoms with Crippen LogP contribution in [-0.2, 0) is 0 Å². The second-order valence-corrected chi connectivity index (χ2v) is 4.20. The summed E-state index contributed by atoms with van der Waals surface area (Å²) in [4.78, 5) is 0. The fourth-order valence-corrected chi connectivity index (χ4v) is 2.63. The van der Waals surface area contributed by atoms with Crippen molar-refractivity contribution in [3.05, 3.63) is 0 Å². The number of nitrogens with zero attached hydrogens (tertiary/aromatic N) is 1. The first-order valence-electron chi connectivity index (χ1n) is 4.74. The van der Waals surface area contributed by atoms with Gasteiger partial charge in [-0.1, -0.05) is 13.3 Å². The van der Waals surface area contributed by atoms with E-state index in [1.165, 1.54) is 32.1 Å². The summed E-state index contributed by atoms with van der Waals surface area (Å²) in [6.45, 7) is 2.30. The molecule has 0 spiro atoms. The average Bonchev–Trinajstić information content (AvgIpc) is 1.92. The fourth-order valence-electron chi connectivity index (χ4n) is 2.63. The first-order chi connectivity index (χ1) is 5.27. The number of piperidine rings is 2. The number of fused-ring (bicyclic) bond motifs is 2. The molecule has 2 saturated heterocycles. The summed E-state index contributed by atoms with van der Waals surface area (Å²) >= 11 is 0. The number of hydrogen-bond donors (Lipinski definition) is 1. The van der Waals surface area contributed by atoms with E-state index in [1.54, 1.807) is 5.06 Å². The van der Waals surface area contributed by atoms with Crippen molar-refractivity contribution < 1.29 is 5.21 Å². The van der Waals surface area contributed by atoms with Gasteiger partial charge in [0.05, 0.1) is 0 Å². The van der Waals surface area contributed by atoms with Crippen LogP contribution in [0.2, 0.25) is 0 Å². The quantitative estimate of drug-likeness (QED) is 0.578. The molecule has 2 nitrogen and oxygen atoms in total. The Morgan fingerprint density at radius 2 is 1.73 bits per heavy atom. The van der Waals surface area contributed by atoms with E-state index in [0.29, 0.717) is 12.1 Å². The first-order valence-corrected chi connectivity index (χ1v) is 4.74. The average molecular weight is 155 g/mol. The maximum absolute atomic E-state index is 9.64. The molecular weight excluding hydrogens is 138 g/mol. The molecule has 2 aliphatic rings. The molecule has 0 saturated carbocycles. The van der Waals surface area contributed by atoms with Crippen molar-refractivity contribution in [1.82, 2.24) is 5.06 Å². The van der Waals surface area contributed by atoms with Gasteiger partial charge >= 0.3 is 0 Å².